The molecule has 0 aliphatic carbocycles. The van der Waals surface area contributed by atoms with Crippen LogP contribution in [0.5, 0.6) is 0 Å². The first-order valence-corrected chi connectivity index (χ1v) is 10.8. The van der Waals surface area contributed by atoms with Gasteiger partial charge in [0.25, 0.3) is 0 Å². The largest absolute Gasteiger partial charge is 0.465 e. The number of hydrogen-bond donors (Lipinski definition) is 2. The van der Waals surface area contributed by atoms with E-state index in [1.807, 2.05) is 23.1 Å². The van der Waals surface area contributed by atoms with Gasteiger partial charge in [0.1, 0.15) is 12.1 Å². The Labute approximate surface area is 175 Å². The van der Waals surface area contributed by atoms with Gasteiger partial charge in [0.15, 0.2) is 0 Å². The highest BCUT2D eigenvalue weighted by molar-refractivity contribution is 5.92. The van der Waals surface area contributed by atoms with Crippen LogP contribution in [0.3, 0.4) is 0 Å². The van der Waals surface area contributed by atoms with Gasteiger partial charge in [0.05, 0.1) is 12.2 Å². The summed E-state index contributed by atoms with van der Waals surface area (Å²) in [5.74, 6) is 0.0237. The smallest absolute Gasteiger partial charge is 0.405 e. The second-order valence-corrected chi connectivity index (χ2v) is 8.86. The Bertz CT molecular complexity index is 846. The topological polar surface area (TPSA) is 102 Å². The van der Waals surface area contributed by atoms with Gasteiger partial charge in [-0.2, -0.15) is 0 Å². The minimum Gasteiger partial charge on any atom is -0.465 e. The lowest BCUT2D eigenvalue weighted by Crippen LogP contribution is -2.57. The lowest BCUT2D eigenvalue weighted by atomic mass is 9.99. The molecular formula is C22H27N3O5. The highest BCUT2D eigenvalue weighted by Gasteiger charge is 2.53. The average molecular weight is 413 g/mol. The van der Waals surface area contributed by atoms with Crippen LogP contribution in [-0.4, -0.2) is 76.2 Å². The third-order valence-electron chi connectivity index (χ3n) is 7.07. The maximum absolute atomic E-state index is 13.4. The second-order valence-electron chi connectivity index (χ2n) is 8.86. The van der Waals surface area contributed by atoms with Crippen LogP contribution in [0.4, 0.5) is 4.79 Å². The maximum atomic E-state index is 13.4. The van der Waals surface area contributed by atoms with Crippen molar-refractivity contribution in [3.63, 3.8) is 0 Å². The number of fused-ring (bicyclic) bond motifs is 2. The number of amides is 3. The highest BCUT2D eigenvalue weighted by atomic mass is 16.6. The van der Waals surface area contributed by atoms with Crippen LogP contribution >= 0.6 is 0 Å². The second kappa shape index (κ2) is 7.58. The zero-order chi connectivity index (χ0) is 20.8. The normalized spacial score (nSPS) is 35.3. The third-order valence-corrected chi connectivity index (χ3v) is 7.07. The molecule has 0 bridgehead atoms. The van der Waals surface area contributed by atoms with Gasteiger partial charge in [0.2, 0.25) is 11.8 Å². The standard InChI is InChI=1S/C22H27N3O5/c26-20-16(23-22(28)29)11-19-18(30-19)10-15-6-7-17(25(15)20)21(27)24-9-8-14(12-24)13-4-2-1-3-5-13/h1-5,14-19,23H,6-12H2,(H,28,29)/t14-,15+,16-,17-,18+,19-/m0/s1. The number of ether oxygens (including phenoxy) is 1. The van der Waals surface area contributed by atoms with Crippen LogP contribution in [-0.2, 0) is 14.3 Å². The number of nitrogens with zero attached hydrogens (tertiary/aromatic N) is 2. The number of likely N-dealkylation sites (tertiary alicyclic amines) is 1. The van der Waals surface area contributed by atoms with Crippen molar-refractivity contribution in [2.45, 2.75) is 68.4 Å². The first-order valence-electron chi connectivity index (χ1n) is 10.8. The van der Waals surface area contributed by atoms with Crippen LogP contribution < -0.4 is 5.32 Å². The molecule has 5 rings (SSSR count). The van der Waals surface area contributed by atoms with Crippen molar-refractivity contribution in [3.8, 4) is 0 Å². The van der Waals surface area contributed by atoms with E-state index in [9.17, 15) is 19.5 Å². The molecule has 4 aliphatic heterocycles. The summed E-state index contributed by atoms with van der Waals surface area (Å²) in [4.78, 5) is 41.5. The minimum atomic E-state index is -1.23. The molecule has 3 amide bonds. The van der Waals surface area contributed by atoms with Gasteiger partial charge in [-0.1, -0.05) is 30.3 Å². The molecule has 4 saturated heterocycles. The van der Waals surface area contributed by atoms with Crippen molar-refractivity contribution in [3.05, 3.63) is 35.9 Å². The lowest BCUT2D eigenvalue weighted by Gasteiger charge is -2.35. The van der Waals surface area contributed by atoms with Crippen molar-refractivity contribution in [2.24, 2.45) is 0 Å². The zero-order valence-electron chi connectivity index (χ0n) is 16.8. The first kappa shape index (κ1) is 19.4. The Morgan fingerprint density at radius 2 is 1.83 bits per heavy atom. The maximum Gasteiger partial charge on any atom is 0.405 e. The van der Waals surface area contributed by atoms with Gasteiger partial charge in [0, 0.05) is 31.5 Å². The van der Waals surface area contributed by atoms with Crippen molar-refractivity contribution in [1.29, 1.82) is 0 Å². The van der Waals surface area contributed by atoms with Gasteiger partial charge in [-0.25, -0.2) is 4.79 Å². The van der Waals surface area contributed by atoms with E-state index < -0.39 is 18.2 Å². The van der Waals surface area contributed by atoms with E-state index in [0.29, 0.717) is 31.8 Å². The summed E-state index contributed by atoms with van der Waals surface area (Å²) in [5, 5.41) is 11.5. The van der Waals surface area contributed by atoms with E-state index in [1.165, 1.54) is 5.56 Å². The zero-order valence-corrected chi connectivity index (χ0v) is 16.8. The molecule has 2 N–H and O–H groups in total. The number of carbonyl (C=O) groups excluding carboxylic acids is 2. The summed E-state index contributed by atoms with van der Waals surface area (Å²) < 4.78 is 5.66. The first-order chi connectivity index (χ1) is 14.5. The predicted molar refractivity (Wildman–Crippen MR) is 107 cm³/mol. The monoisotopic (exact) mass is 413 g/mol. The third kappa shape index (κ3) is 3.53. The average Bonchev–Trinajstić information content (AvgIpc) is 3.12. The fourth-order valence-corrected chi connectivity index (χ4v) is 5.50. The van der Waals surface area contributed by atoms with Gasteiger partial charge >= 0.3 is 6.09 Å². The number of rotatable bonds is 3. The number of carboxylic acid groups (broad SMARTS) is 1. The number of benzene rings is 1. The molecular weight excluding hydrogens is 386 g/mol. The molecule has 0 aromatic heterocycles. The Kier molecular flexibility index (Phi) is 4.89. The van der Waals surface area contributed by atoms with E-state index in [0.717, 1.165) is 19.3 Å². The molecule has 0 saturated carbocycles. The van der Waals surface area contributed by atoms with Crippen molar-refractivity contribution in [1.82, 2.24) is 15.1 Å². The van der Waals surface area contributed by atoms with E-state index >= 15 is 0 Å². The van der Waals surface area contributed by atoms with Gasteiger partial charge < -0.3 is 25.0 Å². The Balaban J connectivity index is 1.32. The van der Waals surface area contributed by atoms with Crippen molar-refractivity contribution < 1.29 is 24.2 Å². The van der Waals surface area contributed by atoms with Crippen LogP contribution in [0.2, 0.25) is 0 Å². The van der Waals surface area contributed by atoms with Gasteiger partial charge in [-0.05, 0) is 31.2 Å². The minimum absolute atomic E-state index is 0.00723. The van der Waals surface area contributed by atoms with E-state index in [2.05, 4.69) is 17.4 Å². The molecule has 160 valence electrons. The molecule has 1 aromatic carbocycles. The van der Waals surface area contributed by atoms with E-state index in [1.54, 1.807) is 4.90 Å². The number of hydrogen-bond acceptors (Lipinski definition) is 4. The van der Waals surface area contributed by atoms with Gasteiger partial charge in [-0.3, -0.25) is 9.59 Å². The predicted octanol–water partition coefficient (Wildman–Crippen LogP) is 1.56. The summed E-state index contributed by atoms with van der Waals surface area (Å²) in [6, 6.07) is 8.79. The van der Waals surface area contributed by atoms with Crippen LogP contribution in [0.1, 0.15) is 43.6 Å². The molecule has 1 aromatic rings. The van der Waals surface area contributed by atoms with Crippen LogP contribution in [0, 0.1) is 0 Å². The molecule has 8 heteroatoms. The summed E-state index contributed by atoms with van der Waals surface area (Å²) in [7, 11) is 0. The molecule has 8 nitrogen and oxygen atoms in total. The fourth-order valence-electron chi connectivity index (χ4n) is 5.50. The highest BCUT2D eigenvalue weighted by Crippen LogP contribution is 2.40. The molecule has 6 atom stereocenters. The summed E-state index contributed by atoms with van der Waals surface area (Å²) in [5.41, 5.74) is 1.24. The molecule has 4 fully saturated rings. The van der Waals surface area contributed by atoms with Gasteiger partial charge in [-0.15, -0.1) is 0 Å². The molecule has 4 aliphatic rings. The number of carbonyl (C=O) groups is 3. The SMILES string of the molecule is O=C(O)N[C@H]1C[C@@H]2O[C@@H]2C[C@H]2CC[C@@H](C(=O)N3CC[C@H](c4ccccc4)C3)N2C1=O. The summed E-state index contributed by atoms with van der Waals surface area (Å²) in [6.45, 7) is 1.35. The molecule has 0 radical (unpaired) electrons. The van der Waals surface area contributed by atoms with E-state index in [4.69, 9.17) is 4.74 Å². The number of nitrogens with one attached hydrogen (secondary N) is 1. The fraction of sp³-hybridized carbons (Fsp3) is 0.591. The summed E-state index contributed by atoms with van der Waals surface area (Å²) >= 11 is 0. The molecule has 4 heterocycles. The molecule has 0 unspecified atom stereocenters. The quantitative estimate of drug-likeness (QED) is 0.732. The van der Waals surface area contributed by atoms with Crippen molar-refractivity contribution >= 4 is 17.9 Å². The Morgan fingerprint density at radius 1 is 1.07 bits per heavy atom. The molecule has 0 spiro atoms. The molecule has 30 heavy (non-hydrogen) atoms. The Hall–Kier alpha value is -2.61. The Morgan fingerprint density at radius 3 is 2.60 bits per heavy atom. The van der Waals surface area contributed by atoms with Crippen LogP contribution in [0.25, 0.3) is 0 Å². The lowest BCUT2D eigenvalue weighted by molar-refractivity contribution is -0.146. The number of epoxide rings is 1. The van der Waals surface area contributed by atoms with E-state index in [-0.39, 0.29) is 30.1 Å². The van der Waals surface area contributed by atoms with Crippen molar-refractivity contribution in [2.75, 3.05) is 13.1 Å². The summed E-state index contributed by atoms with van der Waals surface area (Å²) in [6.07, 6.45) is 2.13. The van der Waals surface area contributed by atoms with Crippen LogP contribution in [0.15, 0.2) is 30.3 Å².